The van der Waals surface area contributed by atoms with Crippen molar-refractivity contribution in [1.29, 1.82) is 0 Å². The molecule has 0 aliphatic carbocycles. The monoisotopic (exact) mass is 485 g/mol. The molecule has 0 aromatic heterocycles. The van der Waals surface area contributed by atoms with Gasteiger partial charge in [0.25, 0.3) is 0 Å². The summed E-state index contributed by atoms with van der Waals surface area (Å²) in [7, 11) is 1.40. The van der Waals surface area contributed by atoms with Crippen LogP contribution >= 0.6 is 23.2 Å². The van der Waals surface area contributed by atoms with E-state index in [9.17, 15) is 14.4 Å². The minimum Gasteiger partial charge on any atom is -0.493 e. The second-order valence-corrected chi connectivity index (χ2v) is 7.29. The minimum atomic E-state index is -0.938. The number of para-hydroxylation sites is 1. The van der Waals surface area contributed by atoms with E-state index >= 15 is 0 Å². The molecule has 3 aromatic rings. The molecule has 0 atom stereocenters. The van der Waals surface area contributed by atoms with Gasteiger partial charge in [0.1, 0.15) is 0 Å². The van der Waals surface area contributed by atoms with Crippen molar-refractivity contribution in [3.63, 3.8) is 0 Å². The first-order valence-corrected chi connectivity index (χ1v) is 10.2. The standard InChI is InChI=1S/C23H17Cl2N3O5/c1-32-20-11-14(13-26-28-22(30)21(29)27-16-5-3-2-4-6-16)7-10-19(20)33-23(31)17-9-8-15(24)12-18(17)25/h2-13H,1H3,(H,27,29)(H,28,30). The lowest BCUT2D eigenvalue weighted by molar-refractivity contribution is -0.136. The highest BCUT2D eigenvalue weighted by Gasteiger charge is 2.16. The average Bonchev–Trinajstić information content (AvgIpc) is 2.80. The lowest BCUT2D eigenvalue weighted by Gasteiger charge is -2.10. The summed E-state index contributed by atoms with van der Waals surface area (Å²) in [5.41, 5.74) is 3.27. The fraction of sp³-hybridized carbons (Fsp3) is 0.0435. The third-order valence-electron chi connectivity index (χ3n) is 4.16. The van der Waals surface area contributed by atoms with Gasteiger partial charge in [-0.3, -0.25) is 9.59 Å². The van der Waals surface area contributed by atoms with Crippen LogP contribution in [-0.2, 0) is 9.59 Å². The Hall–Kier alpha value is -3.88. The second-order valence-electron chi connectivity index (χ2n) is 6.44. The number of hydrazone groups is 1. The molecule has 8 nitrogen and oxygen atoms in total. The minimum absolute atomic E-state index is 0.144. The van der Waals surface area contributed by atoms with Crippen LogP contribution in [0.5, 0.6) is 11.5 Å². The highest BCUT2D eigenvalue weighted by atomic mass is 35.5. The zero-order valence-electron chi connectivity index (χ0n) is 17.2. The fourth-order valence-electron chi connectivity index (χ4n) is 2.58. The van der Waals surface area contributed by atoms with Crippen LogP contribution in [0.1, 0.15) is 15.9 Å². The molecule has 0 bridgehead atoms. The van der Waals surface area contributed by atoms with E-state index in [1.807, 2.05) is 0 Å². The molecule has 2 N–H and O–H groups in total. The van der Waals surface area contributed by atoms with Gasteiger partial charge < -0.3 is 14.8 Å². The van der Waals surface area contributed by atoms with Gasteiger partial charge in [0.15, 0.2) is 11.5 Å². The Morgan fingerprint density at radius 3 is 2.36 bits per heavy atom. The number of methoxy groups -OCH3 is 1. The van der Waals surface area contributed by atoms with Crippen molar-refractivity contribution in [1.82, 2.24) is 5.43 Å². The Balaban J connectivity index is 1.63. The number of anilines is 1. The zero-order valence-corrected chi connectivity index (χ0v) is 18.7. The molecule has 0 radical (unpaired) electrons. The SMILES string of the molecule is COc1cc(C=NNC(=O)C(=O)Nc2ccccc2)ccc1OC(=O)c1ccc(Cl)cc1Cl. The Kier molecular flexibility index (Phi) is 8.01. The van der Waals surface area contributed by atoms with Gasteiger partial charge >= 0.3 is 17.8 Å². The van der Waals surface area contributed by atoms with Gasteiger partial charge in [-0.15, -0.1) is 0 Å². The first-order valence-electron chi connectivity index (χ1n) is 9.42. The summed E-state index contributed by atoms with van der Waals surface area (Å²) in [6, 6.07) is 17.6. The van der Waals surface area contributed by atoms with Crippen molar-refractivity contribution in [3.8, 4) is 11.5 Å². The number of benzene rings is 3. The number of nitrogens with zero attached hydrogens (tertiary/aromatic N) is 1. The molecular formula is C23H17Cl2N3O5. The van der Waals surface area contributed by atoms with E-state index in [1.54, 1.807) is 36.4 Å². The van der Waals surface area contributed by atoms with Crippen LogP contribution in [0.2, 0.25) is 10.0 Å². The van der Waals surface area contributed by atoms with Crippen molar-refractivity contribution in [3.05, 3.63) is 87.9 Å². The largest absolute Gasteiger partial charge is 0.493 e. The van der Waals surface area contributed by atoms with E-state index < -0.39 is 17.8 Å². The lowest BCUT2D eigenvalue weighted by atomic mass is 10.2. The van der Waals surface area contributed by atoms with Gasteiger partial charge in [0, 0.05) is 10.7 Å². The maximum absolute atomic E-state index is 12.4. The molecule has 168 valence electrons. The molecule has 0 aliphatic rings. The highest BCUT2D eigenvalue weighted by molar-refractivity contribution is 6.39. The smallest absolute Gasteiger partial charge is 0.345 e. The summed E-state index contributed by atoms with van der Waals surface area (Å²) >= 11 is 11.9. The number of halogens is 2. The van der Waals surface area contributed by atoms with E-state index in [0.717, 1.165) is 0 Å². The first-order chi connectivity index (χ1) is 15.9. The normalized spacial score (nSPS) is 10.5. The Labute approximate surface area is 199 Å². The number of carbonyl (C=O) groups excluding carboxylic acids is 3. The van der Waals surface area contributed by atoms with E-state index in [4.69, 9.17) is 32.7 Å². The molecule has 10 heteroatoms. The number of rotatable bonds is 6. The molecule has 2 amide bonds. The summed E-state index contributed by atoms with van der Waals surface area (Å²) in [5, 5.41) is 6.75. The maximum atomic E-state index is 12.4. The van der Waals surface area contributed by atoms with Crippen molar-refractivity contribution in [2.45, 2.75) is 0 Å². The van der Waals surface area contributed by atoms with Crippen molar-refractivity contribution in [2.24, 2.45) is 5.10 Å². The number of amides is 2. The molecule has 3 rings (SSSR count). The van der Waals surface area contributed by atoms with Gasteiger partial charge in [-0.1, -0.05) is 41.4 Å². The Morgan fingerprint density at radius 2 is 1.67 bits per heavy atom. The van der Waals surface area contributed by atoms with Crippen LogP contribution in [-0.4, -0.2) is 31.1 Å². The molecule has 0 fully saturated rings. The summed E-state index contributed by atoms with van der Waals surface area (Å²) in [6.45, 7) is 0. The number of esters is 1. The third kappa shape index (κ3) is 6.55. The van der Waals surface area contributed by atoms with Crippen LogP contribution in [0.15, 0.2) is 71.8 Å². The van der Waals surface area contributed by atoms with Crippen LogP contribution in [0.25, 0.3) is 0 Å². The van der Waals surface area contributed by atoms with Gasteiger partial charge in [0.05, 0.1) is 23.9 Å². The fourth-order valence-corrected chi connectivity index (χ4v) is 3.07. The predicted octanol–water partition coefficient (Wildman–Crippen LogP) is 4.31. The quantitative estimate of drug-likeness (QED) is 0.178. The van der Waals surface area contributed by atoms with E-state index in [2.05, 4.69) is 15.8 Å². The third-order valence-corrected chi connectivity index (χ3v) is 4.71. The Bertz CT molecular complexity index is 1220. The molecule has 3 aromatic carbocycles. The topological polar surface area (TPSA) is 106 Å². The Morgan fingerprint density at radius 1 is 0.909 bits per heavy atom. The van der Waals surface area contributed by atoms with E-state index in [1.165, 1.54) is 43.7 Å². The van der Waals surface area contributed by atoms with Crippen molar-refractivity contribution < 1.29 is 23.9 Å². The zero-order chi connectivity index (χ0) is 23.8. The van der Waals surface area contributed by atoms with Crippen LogP contribution in [0.3, 0.4) is 0 Å². The summed E-state index contributed by atoms with van der Waals surface area (Å²) in [4.78, 5) is 36.2. The lowest BCUT2D eigenvalue weighted by Crippen LogP contribution is -2.32. The number of hydrogen-bond donors (Lipinski definition) is 2. The van der Waals surface area contributed by atoms with Crippen LogP contribution in [0.4, 0.5) is 5.69 Å². The summed E-state index contributed by atoms with van der Waals surface area (Å²) < 4.78 is 10.6. The number of carbonyl (C=O) groups is 3. The van der Waals surface area contributed by atoms with Gasteiger partial charge in [0.2, 0.25) is 0 Å². The average molecular weight is 486 g/mol. The molecule has 0 saturated carbocycles. The molecule has 0 spiro atoms. The first kappa shape index (κ1) is 23.8. The maximum Gasteiger partial charge on any atom is 0.345 e. The van der Waals surface area contributed by atoms with Crippen LogP contribution in [0, 0.1) is 0 Å². The number of ether oxygens (including phenoxy) is 2. The summed E-state index contributed by atoms with van der Waals surface area (Å²) in [5.74, 6) is -2.10. The van der Waals surface area contributed by atoms with E-state index in [-0.39, 0.29) is 22.1 Å². The second kappa shape index (κ2) is 11.1. The van der Waals surface area contributed by atoms with Gasteiger partial charge in [-0.2, -0.15) is 5.10 Å². The van der Waals surface area contributed by atoms with E-state index in [0.29, 0.717) is 16.3 Å². The predicted molar refractivity (Wildman–Crippen MR) is 125 cm³/mol. The molecule has 0 saturated heterocycles. The molecule has 33 heavy (non-hydrogen) atoms. The van der Waals surface area contributed by atoms with Gasteiger partial charge in [-0.25, -0.2) is 10.2 Å². The highest BCUT2D eigenvalue weighted by Crippen LogP contribution is 2.29. The van der Waals surface area contributed by atoms with Crippen LogP contribution < -0.4 is 20.2 Å². The molecule has 0 unspecified atom stereocenters. The van der Waals surface area contributed by atoms with Crippen molar-refractivity contribution in [2.75, 3.05) is 12.4 Å². The van der Waals surface area contributed by atoms with Gasteiger partial charge in [-0.05, 0) is 54.1 Å². The molecular weight excluding hydrogens is 469 g/mol. The summed E-state index contributed by atoms with van der Waals surface area (Å²) in [6.07, 6.45) is 1.30. The number of nitrogens with one attached hydrogen (secondary N) is 2. The van der Waals surface area contributed by atoms with Crippen molar-refractivity contribution >= 4 is 52.9 Å². The molecule has 0 aliphatic heterocycles. The number of hydrogen-bond acceptors (Lipinski definition) is 6. The molecule has 0 heterocycles.